The van der Waals surface area contributed by atoms with Crippen LogP contribution in [0.15, 0.2) is 12.4 Å². The average molecular weight is 272 g/mol. The van der Waals surface area contributed by atoms with Crippen LogP contribution < -0.4 is 10.2 Å². The Hall–Kier alpha value is -1.42. The first-order valence-corrected chi connectivity index (χ1v) is 7.68. The Kier molecular flexibility index (Phi) is 3.74. The fourth-order valence-electron chi connectivity index (χ4n) is 3.15. The maximum absolute atomic E-state index is 4.64. The van der Waals surface area contributed by atoms with E-state index in [4.69, 9.17) is 0 Å². The van der Waals surface area contributed by atoms with Gasteiger partial charge in [-0.15, -0.1) is 0 Å². The van der Waals surface area contributed by atoms with E-state index in [2.05, 4.69) is 47.0 Å². The second-order valence-corrected chi connectivity index (χ2v) is 5.92. The van der Waals surface area contributed by atoms with Gasteiger partial charge in [0, 0.05) is 31.2 Å². The molecular formula is C16H24N4. The summed E-state index contributed by atoms with van der Waals surface area (Å²) in [6.07, 6.45) is 6.60. The van der Waals surface area contributed by atoms with Gasteiger partial charge >= 0.3 is 0 Å². The van der Waals surface area contributed by atoms with Gasteiger partial charge in [-0.25, -0.2) is 9.97 Å². The first-order chi connectivity index (χ1) is 9.72. The molecule has 1 saturated carbocycles. The van der Waals surface area contributed by atoms with E-state index in [9.17, 15) is 0 Å². The topological polar surface area (TPSA) is 41.1 Å². The molecule has 0 amide bonds. The van der Waals surface area contributed by atoms with E-state index in [0.29, 0.717) is 6.04 Å². The number of allylic oxidation sites excluding steroid dienone is 2. The fraction of sp³-hybridized carbons (Fsp3) is 0.625. The van der Waals surface area contributed by atoms with Crippen LogP contribution in [0.3, 0.4) is 0 Å². The van der Waals surface area contributed by atoms with Crippen molar-refractivity contribution in [2.45, 2.75) is 39.7 Å². The molecule has 1 aliphatic carbocycles. The van der Waals surface area contributed by atoms with Crippen LogP contribution in [0, 0.1) is 12.8 Å². The summed E-state index contributed by atoms with van der Waals surface area (Å²) in [6, 6.07) is 0.481. The highest BCUT2D eigenvalue weighted by Crippen LogP contribution is 2.45. The molecule has 20 heavy (non-hydrogen) atoms. The van der Waals surface area contributed by atoms with Crippen LogP contribution in [0.2, 0.25) is 0 Å². The van der Waals surface area contributed by atoms with Gasteiger partial charge in [0.2, 0.25) is 0 Å². The second-order valence-electron chi connectivity index (χ2n) is 5.92. The smallest absolute Gasteiger partial charge is 0.140 e. The summed E-state index contributed by atoms with van der Waals surface area (Å²) < 4.78 is 0. The van der Waals surface area contributed by atoms with Crippen molar-refractivity contribution in [3.8, 4) is 0 Å². The maximum Gasteiger partial charge on any atom is 0.140 e. The number of aryl methyl sites for hydroxylation is 1. The van der Waals surface area contributed by atoms with Gasteiger partial charge in [0.05, 0.1) is 5.69 Å². The van der Waals surface area contributed by atoms with Gasteiger partial charge in [-0.2, -0.15) is 0 Å². The lowest BCUT2D eigenvalue weighted by atomic mass is 9.99. The van der Waals surface area contributed by atoms with Crippen molar-refractivity contribution in [3.63, 3.8) is 0 Å². The summed E-state index contributed by atoms with van der Waals surface area (Å²) in [7, 11) is 0. The summed E-state index contributed by atoms with van der Waals surface area (Å²) in [5, 5.41) is 3.45. The average Bonchev–Trinajstić information content (AvgIpc) is 3.27. The molecule has 1 aromatic rings. The van der Waals surface area contributed by atoms with Crippen LogP contribution in [-0.4, -0.2) is 35.6 Å². The minimum Gasteiger partial charge on any atom is -0.351 e. The molecule has 1 saturated heterocycles. The quantitative estimate of drug-likeness (QED) is 0.917. The summed E-state index contributed by atoms with van der Waals surface area (Å²) in [4.78, 5) is 11.5. The number of hydrogen-bond donors (Lipinski definition) is 1. The van der Waals surface area contributed by atoms with E-state index in [1.54, 1.807) is 6.33 Å². The van der Waals surface area contributed by atoms with Crippen molar-refractivity contribution in [1.29, 1.82) is 0 Å². The van der Waals surface area contributed by atoms with E-state index in [0.717, 1.165) is 37.1 Å². The molecule has 4 heteroatoms. The summed E-state index contributed by atoms with van der Waals surface area (Å²) in [6.45, 7) is 9.59. The number of nitrogens with zero attached hydrogens (tertiary/aromatic N) is 3. The standard InChI is InChI=1S/C16H24N4/c1-4-14(13-5-6-13)15-12(3)18-10-19-16(15)20-8-7-17-9-11(20)2/h4,10-11,13,17H,5-9H2,1-3H3/b14-4-/t11-/m0/s1. The predicted molar refractivity (Wildman–Crippen MR) is 82.8 cm³/mol. The Balaban J connectivity index is 2.04. The molecule has 108 valence electrons. The van der Waals surface area contributed by atoms with Crippen molar-refractivity contribution < 1.29 is 0 Å². The van der Waals surface area contributed by atoms with Gasteiger partial charge < -0.3 is 10.2 Å². The van der Waals surface area contributed by atoms with E-state index in [-0.39, 0.29) is 0 Å². The zero-order chi connectivity index (χ0) is 14.1. The minimum atomic E-state index is 0.481. The molecule has 0 aromatic carbocycles. The Bertz CT molecular complexity index is 519. The van der Waals surface area contributed by atoms with E-state index < -0.39 is 0 Å². The predicted octanol–water partition coefficient (Wildman–Crippen LogP) is 2.40. The Morgan fingerprint density at radius 2 is 2.20 bits per heavy atom. The lowest BCUT2D eigenvalue weighted by Crippen LogP contribution is -2.50. The molecule has 4 nitrogen and oxygen atoms in total. The second kappa shape index (κ2) is 5.52. The highest BCUT2D eigenvalue weighted by atomic mass is 15.3. The summed E-state index contributed by atoms with van der Waals surface area (Å²) in [5.41, 5.74) is 3.84. The lowest BCUT2D eigenvalue weighted by molar-refractivity contribution is 0.496. The maximum atomic E-state index is 4.64. The van der Waals surface area contributed by atoms with E-state index in [1.807, 2.05) is 0 Å². The molecule has 0 radical (unpaired) electrons. The SMILES string of the molecule is C/C=C(\c1c(C)ncnc1N1CCNC[C@@H]1C)C1CC1. The molecule has 1 aliphatic heterocycles. The molecule has 2 heterocycles. The van der Waals surface area contributed by atoms with Gasteiger partial charge in [-0.3, -0.25) is 0 Å². The van der Waals surface area contributed by atoms with Crippen molar-refractivity contribution in [1.82, 2.24) is 15.3 Å². The number of anilines is 1. The van der Waals surface area contributed by atoms with Crippen molar-refractivity contribution >= 4 is 11.4 Å². The summed E-state index contributed by atoms with van der Waals surface area (Å²) in [5.74, 6) is 1.85. The number of nitrogens with one attached hydrogen (secondary N) is 1. The van der Waals surface area contributed by atoms with E-state index in [1.165, 1.54) is 24.0 Å². The van der Waals surface area contributed by atoms with Crippen molar-refractivity contribution in [2.75, 3.05) is 24.5 Å². The Morgan fingerprint density at radius 1 is 1.40 bits per heavy atom. The molecule has 2 fully saturated rings. The van der Waals surface area contributed by atoms with Gasteiger partial charge in [-0.1, -0.05) is 6.08 Å². The monoisotopic (exact) mass is 272 g/mol. The Labute approximate surface area is 121 Å². The summed E-state index contributed by atoms with van der Waals surface area (Å²) >= 11 is 0. The molecule has 0 unspecified atom stereocenters. The third-order valence-corrected chi connectivity index (χ3v) is 4.41. The molecule has 1 aromatic heterocycles. The molecule has 0 spiro atoms. The number of aromatic nitrogens is 2. The van der Waals surface area contributed by atoms with Crippen LogP contribution >= 0.6 is 0 Å². The van der Waals surface area contributed by atoms with Gasteiger partial charge in [0.15, 0.2) is 0 Å². The highest BCUT2D eigenvalue weighted by Gasteiger charge is 2.31. The zero-order valence-corrected chi connectivity index (χ0v) is 12.7. The first-order valence-electron chi connectivity index (χ1n) is 7.68. The van der Waals surface area contributed by atoms with Crippen molar-refractivity contribution in [2.24, 2.45) is 5.92 Å². The Morgan fingerprint density at radius 3 is 2.85 bits per heavy atom. The fourth-order valence-corrected chi connectivity index (χ4v) is 3.15. The molecular weight excluding hydrogens is 248 g/mol. The van der Waals surface area contributed by atoms with E-state index >= 15 is 0 Å². The minimum absolute atomic E-state index is 0.481. The van der Waals surface area contributed by atoms with Crippen LogP contribution in [0.1, 0.15) is 37.9 Å². The molecule has 1 atom stereocenters. The molecule has 1 N–H and O–H groups in total. The van der Waals surface area contributed by atoms with Crippen LogP contribution in [0.25, 0.3) is 5.57 Å². The lowest BCUT2D eigenvalue weighted by Gasteiger charge is -2.36. The highest BCUT2D eigenvalue weighted by molar-refractivity contribution is 5.78. The third kappa shape index (κ3) is 2.44. The molecule has 3 rings (SSSR count). The van der Waals surface area contributed by atoms with Crippen LogP contribution in [0.4, 0.5) is 5.82 Å². The van der Waals surface area contributed by atoms with Gasteiger partial charge in [0.25, 0.3) is 0 Å². The number of piperazine rings is 1. The van der Waals surface area contributed by atoms with Crippen molar-refractivity contribution in [3.05, 3.63) is 23.7 Å². The first kappa shape index (κ1) is 13.6. The number of hydrogen-bond acceptors (Lipinski definition) is 4. The van der Waals surface area contributed by atoms with Crippen LogP contribution in [0.5, 0.6) is 0 Å². The third-order valence-electron chi connectivity index (χ3n) is 4.41. The normalized spacial score (nSPS) is 24.1. The van der Waals surface area contributed by atoms with Gasteiger partial charge in [0.1, 0.15) is 12.1 Å². The van der Waals surface area contributed by atoms with Crippen LogP contribution in [-0.2, 0) is 0 Å². The molecule has 0 bridgehead atoms. The molecule has 2 aliphatic rings. The largest absolute Gasteiger partial charge is 0.351 e. The number of rotatable bonds is 3. The van der Waals surface area contributed by atoms with Gasteiger partial charge in [-0.05, 0) is 45.1 Å². The zero-order valence-electron chi connectivity index (χ0n) is 12.7.